The molecule has 0 aliphatic heterocycles. The zero-order valence-corrected chi connectivity index (χ0v) is 13.5. The minimum absolute atomic E-state index is 0.0252. The Kier molecular flexibility index (Phi) is 7.49. The van der Waals surface area contributed by atoms with E-state index in [-0.39, 0.29) is 19.6 Å². The molecule has 0 aromatic heterocycles. The second-order valence-corrected chi connectivity index (χ2v) is 6.40. The van der Waals surface area contributed by atoms with Gasteiger partial charge in [0, 0.05) is 0 Å². The number of hydrogen-bond acceptors (Lipinski definition) is 6. The summed E-state index contributed by atoms with van der Waals surface area (Å²) in [5.41, 5.74) is 0.778. The molecule has 23 heavy (non-hydrogen) atoms. The number of hydrogen-bond donors (Lipinski definition) is 2. The van der Waals surface area contributed by atoms with Gasteiger partial charge in [0.05, 0.1) is 12.4 Å². The smallest absolute Gasteiger partial charge is 0.408 e. The van der Waals surface area contributed by atoms with Crippen molar-refractivity contribution in [2.45, 2.75) is 26.0 Å². The zero-order valence-electron chi connectivity index (χ0n) is 12.7. The third-order valence-electron chi connectivity index (χ3n) is 2.77. The van der Waals surface area contributed by atoms with E-state index < -0.39 is 33.9 Å². The number of carbonyl (C=O) groups is 2. The summed E-state index contributed by atoms with van der Waals surface area (Å²) in [6, 6.07) is 7.83. The first-order chi connectivity index (χ1) is 10.8. The maximum absolute atomic E-state index is 11.7. The van der Waals surface area contributed by atoms with Gasteiger partial charge >= 0.3 is 12.1 Å². The minimum Gasteiger partial charge on any atom is -0.464 e. The Morgan fingerprint density at radius 3 is 2.43 bits per heavy atom. The fourth-order valence-corrected chi connectivity index (χ4v) is 2.25. The Hall–Kier alpha value is -2.13. The number of esters is 1. The van der Waals surface area contributed by atoms with Crippen LogP contribution in [0.5, 0.6) is 0 Å². The van der Waals surface area contributed by atoms with E-state index in [1.165, 1.54) is 0 Å². The molecule has 0 saturated carbocycles. The predicted octanol–water partition coefficient (Wildman–Crippen LogP) is 0.523. The van der Waals surface area contributed by atoms with Crippen molar-refractivity contribution in [1.29, 1.82) is 0 Å². The van der Waals surface area contributed by atoms with E-state index in [1.54, 1.807) is 31.2 Å². The molecule has 1 atom stereocenters. The normalized spacial score (nSPS) is 12.3. The number of ether oxygens (including phenoxy) is 2. The van der Waals surface area contributed by atoms with Gasteiger partial charge in [-0.25, -0.2) is 23.1 Å². The van der Waals surface area contributed by atoms with E-state index in [0.717, 1.165) is 5.56 Å². The van der Waals surface area contributed by atoms with Crippen LogP contribution in [-0.2, 0) is 30.9 Å². The topological polar surface area (TPSA) is 125 Å². The van der Waals surface area contributed by atoms with Crippen molar-refractivity contribution in [3.63, 3.8) is 0 Å². The van der Waals surface area contributed by atoms with Gasteiger partial charge in [-0.1, -0.05) is 30.3 Å². The largest absolute Gasteiger partial charge is 0.464 e. The Morgan fingerprint density at radius 1 is 1.22 bits per heavy atom. The molecular formula is C14H20N2O6S. The van der Waals surface area contributed by atoms with Crippen LogP contribution in [0.15, 0.2) is 30.3 Å². The van der Waals surface area contributed by atoms with Crippen molar-refractivity contribution < 1.29 is 27.5 Å². The lowest BCUT2D eigenvalue weighted by atomic mass is 10.2. The van der Waals surface area contributed by atoms with Crippen LogP contribution in [0.4, 0.5) is 4.79 Å². The van der Waals surface area contributed by atoms with Crippen LogP contribution in [0.1, 0.15) is 18.9 Å². The standard InChI is InChI=1S/C14H20N2O6S/c1-2-21-13(17)12(8-9-23(15,19)20)16-14(18)22-10-11-6-4-3-5-7-11/h3-7,12H,2,8-10H2,1H3,(H,16,18)(H2,15,19,20)/t12-/m0/s1. The molecule has 1 rings (SSSR count). The summed E-state index contributed by atoms with van der Waals surface area (Å²) in [7, 11) is -3.76. The number of benzene rings is 1. The number of primary sulfonamides is 1. The fraction of sp³-hybridized carbons (Fsp3) is 0.429. The number of carbonyl (C=O) groups excluding carboxylic acids is 2. The molecule has 0 unspecified atom stereocenters. The average Bonchev–Trinajstić information content (AvgIpc) is 2.49. The Morgan fingerprint density at radius 2 is 1.87 bits per heavy atom. The van der Waals surface area contributed by atoms with Crippen LogP contribution < -0.4 is 10.5 Å². The lowest BCUT2D eigenvalue weighted by molar-refractivity contribution is -0.145. The van der Waals surface area contributed by atoms with Crippen molar-refractivity contribution in [3.8, 4) is 0 Å². The minimum atomic E-state index is -3.76. The third kappa shape index (κ3) is 8.17. The molecule has 1 aromatic rings. The Balaban J connectivity index is 2.56. The first kappa shape index (κ1) is 18.9. The molecule has 128 valence electrons. The van der Waals surface area contributed by atoms with Gasteiger partial charge in [0.2, 0.25) is 10.0 Å². The number of nitrogens with one attached hydrogen (secondary N) is 1. The average molecular weight is 344 g/mol. The Bertz CT molecular complexity index is 617. The third-order valence-corrected chi connectivity index (χ3v) is 3.57. The molecule has 0 heterocycles. The first-order valence-electron chi connectivity index (χ1n) is 6.96. The maximum atomic E-state index is 11.7. The summed E-state index contributed by atoms with van der Waals surface area (Å²) in [6.07, 6.45) is -1.04. The van der Waals surface area contributed by atoms with Gasteiger partial charge in [-0.2, -0.15) is 0 Å². The SMILES string of the molecule is CCOC(=O)[C@H](CCS(N)(=O)=O)NC(=O)OCc1ccccc1. The molecule has 9 heteroatoms. The number of alkyl carbamates (subject to hydrolysis) is 1. The first-order valence-corrected chi connectivity index (χ1v) is 8.67. The van der Waals surface area contributed by atoms with Crippen molar-refractivity contribution in [1.82, 2.24) is 5.32 Å². The van der Waals surface area contributed by atoms with Gasteiger partial charge < -0.3 is 14.8 Å². The van der Waals surface area contributed by atoms with Crippen molar-refractivity contribution >= 4 is 22.1 Å². The number of sulfonamides is 1. The van der Waals surface area contributed by atoms with Crippen molar-refractivity contribution in [3.05, 3.63) is 35.9 Å². The maximum Gasteiger partial charge on any atom is 0.408 e. The predicted molar refractivity (Wildman–Crippen MR) is 82.8 cm³/mol. The molecule has 1 amide bonds. The number of nitrogens with two attached hydrogens (primary N) is 1. The van der Waals surface area contributed by atoms with Gasteiger partial charge in [-0.3, -0.25) is 0 Å². The molecule has 0 aliphatic carbocycles. The van der Waals surface area contributed by atoms with E-state index in [0.29, 0.717) is 0 Å². The molecule has 0 fully saturated rings. The zero-order chi connectivity index (χ0) is 17.3. The van der Waals surface area contributed by atoms with Crippen LogP contribution >= 0.6 is 0 Å². The molecule has 0 aliphatic rings. The van der Waals surface area contributed by atoms with Crippen molar-refractivity contribution in [2.24, 2.45) is 5.14 Å². The molecular weight excluding hydrogens is 324 g/mol. The van der Waals surface area contributed by atoms with Crippen LogP contribution in [0, 0.1) is 0 Å². The molecule has 0 spiro atoms. The molecule has 0 radical (unpaired) electrons. The van der Waals surface area contributed by atoms with Crippen LogP contribution in [0.3, 0.4) is 0 Å². The van der Waals surface area contributed by atoms with E-state index in [1.807, 2.05) is 6.07 Å². The summed E-state index contributed by atoms with van der Waals surface area (Å²) in [5.74, 6) is -1.21. The quantitative estimate of drug-likeness (QED) is 0.663. The number of rotatable bonds is 8. The number of amides is 1. The monoisotopic (exact) mass is 344 g/mol. The van der Waals surface area contributed by atoms with Crippen LogP contribution in [-0.4, -0.2) is 38.9 Å². The second-order valence-electron chi connectivity index (χ2n) is 4.67. The summed E-state index contributed by atoms with van der Waals surface area (Å²) < 4.78 is 31.8. The van der Waals surface area contributed by atoms with E-state index >= 15 is 0 Å². The highest BCUT2D eigenvalue weighted by molar-refractivity contribution is 7.89. The van der Waals surface area contributed by atoms with Gasteiger partial charge in [0.25, 0.3) is 0 Å². The van der Waals surface area contributed by atoms with E-state index in [4.69, 9.17) is 14.6 Å². The summed E-state index contributed by atoms with van der Waals surface area (Å²) >= 11 is 0. The highest BCUT2D eigenvalue weighted by atomic mass is 32.2. The van der Waals surface area contributed by atoms with Crippen molar-refractivity contribution in [2.75, 3.05) is 12.4 Å². The lowest BCUT2D eigenvalue weighted by Gasteiger charge is -2.16. The summed E-state index contributed by atoms with van der Waals surface area (Å²) in [4.78, 5) is 23.5. The van der Waals surface area contributed by atoms with E-state index in [9.17, 15) is 18.0 Å². The van der Waals surface area contributed by atoms with Gasteiger partial charge in [-0.05, 0) is 18.9 Å². The van der Waals surface area contributed by atoms with Gasteiger partial charge in [0.15, 0.2) is 0 Å². The molecule has 3 N–H and O–H groups in total. The summed E-state index contributed by atoms with van der Waals surface area (Å²) in [6.45, 7) is 1.73. The summed E-state index contributed by atoms with van der Waals surface area (Å²) in [5, 5.41) is 7.19. The van der Waals surface area contributed by atoms with Crippen LogP contribution in [0.2, 0.25) is 0 Å². The van der Waals surface area contributed by atoms with Gasteiger partial charge in [0.1, 0.15) is 12.6 Å². The molecule has 0 bridgehead atoms. The lowest BCUT2D eigenvalue weighted by Crippen LogP contribution is -2.43. The highest BCUT2D eigenvalue weighted by Crippen LogP contribution is 2.03. The fourth-order valence-electron chi connectivity index (χ4n) is 1.68. The Labute approximate surface area is 135 Å². The van der Waals surface area contributed by atoms with E-state index in [2.05, 4.69) is 5.32 Å². The molecule has 0 saturated heterocycles. The molecule has 8 nitrogen and oxygen atoms in total. The van der Waals surface area contributed by atoms with Gasteiger partial charge in [-0.15, -0.1) is 0 Å². The molecule has 1 aromatic carbocycles. The van der Waals surface area contributed by atoms with Crippen LogP contribution in [0.25, 0.3) is 0 Å². The highest BCUT2D eigenvalue weighted by Gasteiger charge is 2.24. The second kappa shape index (κ2) is 9.11.